The average Bonchev–Trinajstić information content (AvgIpc) is 2.43. The van der Waals surface area contributed by atoms with E-state index in [2.05, 4.69) is 0 Å². The minimum atomic E-state index is -0.0643. The van der Waals surface area contributed by atoms with Crippen LogP contribution in [0.5, 0.6) is 0 Å². The molecule has 0 radical (unpaired) electrons. The van der Waals surface area contributed by atoms with Gasteiger partial charge in [-0.05, 0) is 19.8 Å². The third-order valence-electron chi connectivity index (χ3n) is 3.34. The zero-order valence-electron chi connectivity index (χ0n) is 9.92. The molecular formula is C13H22O2. The molecule has 0 aliphatic heterocycles. The fourth-order valence-electron chi connectivity index (χ4n) is 2.50. The molecule has 2 nitrogen and oxygen atoms in total. The number of Topliss-reactive ketones (excluding diaryl/α,β-unsaturated/α-hetero) is 2. The van der Waals surface area contributed by atoms with E-state index in [4.69, 9.17) is 0 Å². The predicted molar refractivity (Wildman–Crippen MR) is 60.7 cm³/mol. The molecule has 0 aromatic rings. The van der Waals surface area contributed by atoms with E-state index in [1.807, 2.05) is 6.92 Å². The minimum Gasteiger partial charge on any atom is -0.300 e. The molecule has 1 saturated carbocycles. The summed E-state index contributed by atoms with van der Waals surface area (Å²) in [6, 6.07) is 0. The second-order valence-corrected chi connectivity index (χ2v) is 4.90. The van der Waals surface area contributed by atoms with Gasteiger partial charge in [0, 0.05) is 18.3 Å². The Labute approximate surface area is 92.4 Å². The van der Waals surface area contributed by atoms with Crippen molar-refractivity contribution >= 4 is 11.6 Å². The molecule has 0 spiro atoms. The first-order valence-electron chi connectivity index (χ1n) is 6.14. The molecule has 2 heteroatoms. The maximum Gasteiger partial charge on any atom is 0.139 e. The van der Waals surface area contributed by atoms with Crippen molar-refractivity contribution in [2.45, 2.75) is 58.8 Å². The SMILES string of the molecule is CC(=O)CC(C)C(=O)C1CCCCCC1. The standard InChI is InChI=1S/C13H22O2/c1-10(9-11(2)14)13(15)12-7-5-3-4-6-8-12/h10,12H,3-9H2,1-2H3. The molecule has 1 unspecified atom stereocenters. The molecule has 0 heterocycles. The van der Waals surface area contributed by atoms with Gasteiger partial charge in [-0.1, -0.05) is 32.6 Å². The molecule has 0 saturated heterocycles. The fourth-order valence-corrected chi connectivity index (χ4v) is 2.50. The Morgan fingerprint density at radius 2 is 1.67 bits per heavy atom. The molecule has 0 aromatic carbocycles. The summed E-state index contributed by atoms with van der Waals surface area (Å²) < 4.78 is 0. The van der Waals surface area contributed by atoms with Gasteiger partial charge in [-0.15, -0.1) is 0 Å². The third-order valence-corrected chi connectivity index (χ3v) is 3.34. The summed E-state index contributed by atoms with van der Waals surface area (Å²) in [6.45, 7) is 3.46. The number of rotatable bonds is 4. The summed E-state index contributed by atoms with van der Waals surface area (Å²) in [5.41, 5.74) is 0. The van der Waals surface area contributed by atoms with Gasteiger partial charge in [0.1, 0.15) is 11.6 Å². The summed E-state index contributed by atoms with van der Waals surface area (Å²) in [6.07, 6.45) is 7.42. The van der Waals surface area contributed by atoms with Crippen LogP contribution < -0.4 is 0 Å². The van der Waals surface area contributed by atoms with Crippen molar-refractivity contribution in [1.29, 1.82) is 0 Å². The average molecular weight is 210 g/mol. The zero-order chi connectivity index (χ0) is 11.3. The van der Waals surface area contributed by atoms with Gasteiger partial charge in [-0.2, -0.15) is 0 Å². The molecule has 1 atom stereocenters. The van der Waals surface area contributed by atoms with Crippen LogP contribution in [0.4, 0.5) is 0 Å². The lowest BCUT2D eigenvalue weighted by Crippen LogP contribution is -2.23. The Bertz CT molecular complexity index is 225. The largest absolute Gasteiger partial charge is 0.300 e. The monoisotopic (exact) mass is 210 g/mol. The van der Waals surface area contributed by atoms with E-state index in [0.29, 0.717) is 12.2 Å². The van der Waals surface area contributed by atoms with Crippen molar-refractivity contribution in [2.75, 3.05) is 0 Å². The summed E-state index contributed by atoms with van der Waals surface area (Å²) in [4.78, 5) is 23.0. The second-order valence-electron chi connectivity index (χ2n) is 4.90. The van der Waals surface area contributed by atoms with Gasteiger partial charge in [0.2, 0.25) is 0 Å². The summed E-state index contributed by atoms with van der Waals surface area (Å²) >= 11 is 0. The molecule has 1 rings (SSSR count). The maximum atomic E-state index is 12.0. The van der Waals surface area contributed by atoms with E-state index < -0.39 is 0 Å². The van der Waals surface area contributed by atoms with E-state index in [-0.39, 0.29) is 17.6 Å². The number of carbonyl (C=O) groups is 2. The topological polar surface area (TPSA) is 34.1 Å². The lowest BCUT2D eigenvalue weighted by atomic mass is 9.86. The Morgan fingerprint density at radius 1 is 1.13 bits per heavy atom. The van der Waals surface area contributed by atoms with Crippen molar-refractivity contribution < 1.29 is 9.59 Å². The fraction of sp³-hybridized carbons (Fsp3) is 0.846. The highest BCUT2D eigenvalue weighted by Gasteiger charge is 2.25. The van der Waals surface area contributed by atoms with E-state index in [1.165, 1.54) is 25.7 Å². The van der Waals surface area contributed by atoms with Crippen LogP contribution >= 0.6 is 0 Å². The summed E-state index contributed by atoms with van der Waals surface area (Å²) in [5.74, 6) is 0.629. The number of hydrogen-bond acceptors (Lipinski definition) is 2. The highest BCUT2D eigenvalue weighted by molar-refractivity contribution is 5.88. The van der Waals surface area contributed by atoms with Crippen molar-refractivity contribution in [3.63, 3.8) is 0 Å². The van der Waals surface area contributed by atoms with Gasteiger partial charge < -0.3 is 4.79 Å². The molecule has 1 aliphatic carbocycles. The molecule has 86 valence electrons. The van der Waals surface area contributed by atoms with Gasteiger partial charge in [0.15, 0.2) is 0 Å². The molecule has 0 amide bonds. The van der Waals surface area contributed by atoms with Crippen LogP contribution in [0.2, 0.25) is 0 Å². The van der Waals surface area contributed by atoms with Crippen molar-refractivity contribution in [2.24, 2.45) is 11.8 Å². The van der Waals surface area contributed by atoms with Crippen LogP contribution in [0.25, 0.3) is 0 Å². The first kappa shape index (κ1) is 12.4. The van der Waals surface area contributed by atoms with Crippen LogP contribution in [0.15, 0.2) is 0 Å². The Morgan fingerprint density at radius 3 is 2.13 bits per heavy atom. The van der Waals surface area contributed by atoms with Gasteiger partial charge in [0.05, 0.1) is 0 Å². The molecule has 1 aliphatic rings. The van der Waals surface area contributed by atoms with E-state index >= 15 is 0 Å². The van der Waals surface area contributed by atoms with Crippen molar-refractivity contribution in [3.05, 3.63) is 0 Å². The molecule has 1 fully saturated rings. The lowest BCUT2D eigenvalue weighted by molar-refractivity contribution is -0.130. The van der Waals surface area contributed by atoms with Crippen LogP contribution in [0.1, 0.15) is 58.8 Å². The predicted octanol–water partition coefficient (Wildman–Crippen LogP) is 3.14. The highest BCUT2D eigenvalue weighted by atomic mass is 16.1. The lowest BCUT2D eigenvalue weighted by Gasteiger charge is -2.17. The van der Waals surface area contributed by atoms with Crippen LogP contribution in [0, 0.1) is 11.8 Å². The quantitative estimate of drug-likeness (QED) is 0.668. The number of ketones is 2. The first-order chi connectivity index (χ1) is 7.11. The van der Waals surface area contributed by atoms with Crippen LogP contribution in [-0.2, 0) is 9.59 Å². The van der Waals surface area contributed by atoms with Crippen LogP contribution in [0.3, 0.4) is 0 Å². The van der Waals surface area contributed by atoms with Gasteiger partial charge in [0.25, 0.3) is 0 Å². The highest BCUT2D eigenvalue weighted by Crippen LogP contribution is 2.26. The number of carbonyl (C=O) groups excluding carboxylic acids is 2. The minimum absolute atomic E-state index is 0.0643. The van der Waals surface area contributed by atoms with Crippen molar-refractivity contribution in [1.82, 2.24) is 0 Å². The maximum absolute atomic E-state index is 12.0. The third kappa shape index (κ3) is 4.15. The van der Waals surface area contributed by atoms with E-state index in [0.717, 1.165) is 12.8 Å². The van der Waals surface area contributed by atoms with Gasteiger partial charge in [-0.3, -0.25) is 4.79 Å². The Hall–Kier alpha value is -0.660. The van der Waals surface area contributed by atoms with Gasteiger partial charge in [-0.25, -0.2) is 0 Å². The molecular weight excluding hydrogens is 188 g/mol. The van der Waals surface area contributed by atoms with Crippen LogP contribution in [-0.4, -0.2) is 11.6 Å². The molecule has 0 bridgehead atoms. The molecule has 15 heavy (non-hydrogen) atoms. The first-order valence-corrected chi connectivity index (χ1v) is 6.14. The smallest absolute Gasteiger partial charge is 0.139 e. The summed E-state index contributed by atoms with van der Waals surface area (Å²) in [7, 11) is 0. The van der Waals surface area contributed by atoms with Gasteiger partial charge >= 0.3 is 0 Å². The Balaban J connectivity index is 2.46. The second kappa shape index (κ2) is 6.04. The zero-order valence-corrected chi connectivity index (χ0v) is 9.92. The molecule has 0 N–H and O–H groups in total. The Kier molecular flexibility index (Phi) is 5.00. The normalized spacial score (nSPS) is 20.7. The van der Waals surface area contributed by atoms with E-state index in [1.54, 1.807) is 6.92 Å². The summed E-state index contributed by atoms with van der Waals surface area (Å²) in [5, 5.41) is 0. The van der Waals surface area contributed by atoms with Crippen molar-refractivity contribution in [3.8, 4) is 0 Å². The van der Waals surface area contributed by atoms with E-state index in [9.17, 15) is 9.59 Å². The molecule has 0 aromatic heterocycles. The number of hydrogen-bond donors (Lipinski definition) is 0.